The molecule has 0 radical (unpaired) electrons. The molecule has 1 saturated heterocycles. The van der Waals surface area contributed by atoms with E-state index in [0.717, 1.165) is 11.3 Å². The van der Waals surface area contributed by atoms with E-state index in [1.165, 1.54) is 6.08 Å². The van der Waals surface area contributed by atoms with Crippen molar-refractivity contribution < 1.29 is 14.0 Å². The van der Waals surface area contributed by atoms with Crippen molar-refractivity contribution in [2.75, 3.05) is 36.4 Å². The van der Waals surface area contributed by atoms with Gasteiger partial charge in [0.25, 0.3) is 0 Å². The minimum absolute atomic E-state index is 0.0584. The van der Waals surface area contributed by atoms with Crippen LogP contribution in [0.3, 0.4) is 0 Å². The maximum absolute atomic E-state index is 12.6. The van der Waals surface area contributed by atoms with E-state index in [0.29, 0.717) is 53.4 Å². The summed E-state index contributed by atoms with van der Waals surface area (Å²) in [5.74, 6) is 0.911. The maximum Gasteiger partial charge on any atom is 0.248 e. The number of carbonyl (C=O) groups is 2. The Labute approximate surface area is 202 Å². The molecule has 0 atom stereocenters. The quantitative estimate of drug-likeness (QED) is 0.481. The van der Waals surface area contributed by atoms with Crippen LogP contribution in [-0.2, 0) is 9.59 Å². The van der Waals surface area contributed by atoms with E-state index >= 15 is 0 Å². The highest BCUT2D eigenvalue weighted by Gasteiger charge is 2.23. The number of hydrogen-bond donors (Lipinski definition) is 1. The molecule has 0 unspecified atom stereocenters. The topological polar surface area (TPSA) is 65.8 Å². The zero-order valence-electron chi connectivity index (χ0n) is 18.1. The summed E-state index contributed by atoms with van der Waals surface area (Å²) in [6.45, 7) is 4.07. The zero-order valence-corrected chi connectivity index (χ0v) is 19.6. The third-order valence-corrected chi connectivity index (χ3v) is 6.09. The second-order valence-electron chi connectivity index (χ2n) is 7.63. The maximum atomic E-state index is 12.6. The number of carbonyl (C=O) groups excluding carboxylic acids is 2. The van der Waals surface area contributed by atoms with Crippen molar-refractivity contribution in [3.05, 3.63) is 76.5 Å². The minimum Gasteiger partial charge on any atom is -0.457 e. The van der Waals surface area contributed by atoms with Gasteiger partial charge in [0.05, 0.1) is 21.4 Å². The molecule has 4 rings (SSSR count). The van der Waals surface area contributed by atoms with Crippen LogP contribution in [0.2, 0.25) is 10.0 Å². The molecule has 2 aromatic carbocycles. The zero-order chi connectivity index (χ0) is 23.4. The van der Waals surface area contributed by atoms with Gasteiger partial charge in [0, 0.05) is 44.7 Å². The first-order valence-corrected chi connectivity index (χ1v) is 11.3. The van der Waals surface area contributed by atoms with Crippen molar-refractivity contribution in [3.63, 3.8) is 0 Å². The molecular weight excluding hydrogens is 461 g/mol. The summed E-state index contributed by atoms with van der Waals surface area (Å²) in [5, 5.41) is 4.05. The molecule has 0 saturated carbocycles. The van der Waals surface area contributed by atoms with E-state index in [1.807, 2.05) is 30.3 Å². The summed E-state index contributed by atoms with van der Waals surface area (Å²) in [6.07, 6.45) is 3.01. The fourth-order valence-electron chi connectivity index (χ4n) is 3.76. The number of anilines is 2. The molecule has 1 N–H and O–H groups in total. The van der Waals surface area contributed by atoms with Crippen LogP contribution >= 0.6 is 23.2 Å². The van der Waals surface area contributed by atoms with Crippen LogP contribution in [0.5, 0.6) is 0 Å². The molecule has 6 nitrogen and oxygen atoms in total. The first-order chi connectivity index (χ1) is 15.9. The Morgan fingerprint density at radius 1 is 0.939 bits per heavy atom. The summed E-state index contributed by atoms with van der Waals surface area (Å²) >= 11 is 12.7. The summed E-state index contributed by atoms with van der Waals surface area (Å²) in [6, 6.07) is 16.4. The van der Waals surface area contributed by atoms with Gasteiger partial charge in [-0.1, -0.05) is 41.4 Å². The fraction of sp³-hybridized carbons (Fsp3) is 0.200. The molecule has 8 heteroatoms. The predicted molar refractivity (Wildman–Crippen MR) is 133 cm³/mol. The van der Waals surface area contributed by atoms with Crippen LogP contribution in [0.25, 0.3) is 17.4 Å². The number of halogens is 2. The van der Waals surface area contributed by atoms with Gasteiger partial charge in [0.2, 0.25) is 11.8 Å². The van der Waals surface area contributed by atoms with Crippen LogP contribution in [0.1, 0.15) is 12.7 Å². The monoisotopic (exact) mass is 483 g/mol. The van der Waals surface area contributed by atoms with E-state index < -0.39 is 0 Å². The Bertz CT molecular complexity index is 1200. The standard InChI is InChI=1S/C25H23Cl2N3O3/c1-17(31)29-13-15-30(16-14-29)25-21(27)7-4-8-22(25)28-24(32)12-10-18-9-11-23(33-18)19-5-2-3-6-20(19)26/h2-12H,13-16H2,1H3,(H,28,32)/b12-10+. The molecule has 0 bridgehead atoms. The second kappa shape index (κ2) is 10.1. The molecule has 170 valence electrons. The van der Waals surface area contributed by atoms with Crippen molar-refractivity contribution in [2.45, 2.75) is 6.92 Å². The molecule has 33 heavy (non-hydrogen) atoms. The highest BCUT2D eigenvalue weighted by Crippen LogP contribution is 2.35. The van der Waals surface area contributed by atoms with Gasteiger partial charge in [-0.3, -0.25) is 9.59 Å². The molecule has 1 aromatic heterocycles. The van der Waals surface area contributed by atoms with E-state index in [-0.39, 0.29) is 11.8 Å². The lowest BCUT2D eigenvalue weighted by molar-refractivity contribution is -0.129. The number of rotatable bonds is 5. The van der Waals surface area contributed by atoms with Crippen molar-refractivity contribution in [3.8, 4) is 11.3 Å². The second-order valence-corrected chi connectivity index (χ2v) is 8.45. The summed E-state index contributed by atoms with van der Waals surface area (Å²) in [4.78, 5) is 28.1. The summed E-state index contributed by atoms with van der Waals surface area (Å²) < 4.78 is 5.81. The molecule has 1 aliphatic rings. The van der Waals surface area contributed by atoms with Gasteiger partial charge >= 0.3 is 0 Å². The van der Waals surface area contributed by atoms with Gasteiger partial charge in [-0.15, -0.1) is 0 Å². The number of nitrogens with zero attached hydrogens (tertiary/aromatic N) is 2. The van der Waals surface area contributed by atoms with Crippen LogP contribution in [0.4, 0.5) is 11.4 Å². The summed E-state index contributed by atoms with van der Waals surface area (Å²) in [5.41, 5.74) is 2.16. The van der Waals surface area contributed by atoms with Crippen LogP contribution < -0.4 is 10.2 Å². The van der Waals surface area contributed by atoms with Gasteiger partial charge in [0.15, 0.2) is 0 Å². The van der Waals surface area contributed by atoms with Gasteiger partial charge < -0.3 is 19.5 Å². The molecule has 3 aromatic rings. The fourth-order valence-corrected chi connectivity index (χ4v) is 4.29. The van der Waals surface area contributed by atoms with Crippen LogP contribution in [0.15, 0.2) is 65.1 Å². The lowest BCUT2D eigenvalue weighted by Gasteiger charge is -2.36. The smallest absolute Gasteiger partial charge is 0.248 e. The Morgan fingerprint density at radius 2 is 1.67 bits per heavy atom. The van der Waals surface area contributed by atoms with Crippen LogP contribution in [0, 0.1) is 0 Å². The third kappa shape index (κ3) is 5.41. The highest BCUT2D eigenvalue weighted by molar-refractivity contribution is 6.34. The average molecular weight is 484 g/mol. The van der Waals surface area contributed by atoms with Crippen LogP contribution in [-0.4, -0.2) is 42.9 Å². The summed E-state index contributed by atoms with van der Waals surface area (Å²) in [7, 11) is 0. The van der Waals surface area contributed by atoms with Crippen molar-refractivity contribution in [1.29, 1.82) is 0 Å². The van der Waals surface area contributed by atoms with E-state index in [9.17, 15) is 9.59 Å². The molecule has 0 spiro atoms. The largest absolute Gasteiger partial charge is 0.457 e. The molecule has 0 aliphatic carbocycles. The first kappa shape index (κ1) is 23.0. The normalized spacial score (nSPS) is 14.0. The number of benzene rings is 2. The Morgan fingerprint density at radius 3 is 2.39 bits per heavy atom. The molecular formula is C25H23Cl2N3O3. The van der Waals surface area contributed by atoms with Gasteiger partial charge in [0.1, 0.15) is 11.5 Å². The molecule has 1 fully saturated rings. The van der Waals surface area contributed by atoms with Crippen molar-refractivity contribution in [2.24, 2.45) is 0 Å². The van der Waals surface area contributed by atoms with Crippen molar-refractivity contribution >= 4 is 52.5 Å². The number of amides is 2. The number of hydrogen-bond acceptors (Lipinski definition) is 4. The molecule has 2 heterocycles. The Hall–Kier alpha value is -3.22. The molecule has 1 aliphatic heterocycles. The van der Waals surface area contributed by atoms with Gasteiger partial charge in [-0.25, -0.2) is 0 Å². The SMILES string of the molecule is CC(=O)N1CCN(c2c(Cl)cccc2NC(=O)/C=C/c2ccc(-c3ccccc3Cl)o2)CC1. The van der Waals surface area contributed by atoms with Gasteiger partial charge in [-0.2, -0.15) is 0 Å². The van der Waals surface area contributed by atoms with E-state index in [4.69, 9.17) is 27.6 Å². The lowest BCUT2D eigenvalue weighted by Crippen LogP contribution is -2.48. The Balaban J connectivity index is 1.45. The van der Waals surface area contributed by atoms with E-state index in [1.54, 1.807) is 42.2 Å². The highest BCUT2D eigenvalue weighted by atomic mass is 35.5. The van der Waals surface area contributed by atoms with Gasteiger partial charge in [-0.05, 0) is 42.5 Å². The number of furan rings is 1. The Kier molecular flexibility index (Phi) is 7.06. The number of para-hydroxylation sites is 1. The molecule has 2 amide bonds. The first-order valence-electron chi connectivity index (χ1n) is 10.5. The van der Waals surface area contributed by atoms with Crippen molar-refractivity contribution in [1.82, 2.24) is 4.90 Å². The van der Waals surface area contributed by atoms with E-state index in [2.05, 4.69) is 10.2 Å². The lowest BCUT2D eigenvalue weighted by atomic mass is 10.2. The number of piperazine rings is 1. The minimum atomic E-state index is -0.309. The third-order valence-electron chi connectivity index (χ3n) is 5.45. The average Bonchev–Trinajstić information content (AvgIpc) is 3.27. The number of nitrogens with one attached hydrogen (secondary N) is 1. The predicted octanol–water partition coefficient (Wildman–Crippen LogP) is 5.57.